The summed E-state index contributed by atoms with van der Waals surface area (Å²) in [4.78, 5) is 0. The second-order valence-corrected chi connectivity index (χ2v) is 8.41. The van der Waals surface area contributed by atoms with Crippen molar-refractivity contribution < 1.29 is 19.7 Å². The molecule has 0 radical (unpaired) electrons. The molecule has 0 amide bonds. The quantitative estimate of drug-likeness (QED) is 0.348. The third-order valence-corrected chi connectivity index (χ3v) is 5.71. The van der Waals surface area contributed by atoms with Crippen molar-refractivity contribution in [3.8, 4) is 0 Å². The van der Waals surface area contributed by atoms with Gasteiger partial charge < -0.3 is 15.3 Å². The minimum atomic E-state index is -1.01. The topological polar surface area (TPSA) is 60.7 Å². The van der Waals surface area contributed by atoms with Crippen LogP contribution < -0.4 is 0 Å². The van der Waals surface area contributed by atoms with E-state index in [1.165, 1.54) is 0 Å². The van der Waals surface area contributed by atoms with Crippen LogP contribution in [0.1, 0.15) is 72.1 Å². The number of halogens is 1. The molecule has 26 heavy (non-hydrogen) atoms. The summed E-state index contributed by atoms with van der Waals surface area (Å²) < 4.78 is 14.3. The first-order chi connectivity index (χ1) is 12.3. The number of alkyl halides is 1. The van der Waals surface area contributed by atoms with E-state index < -0.39 is 18.4 Å². The van der Waals surface area contributed by atoms with Gasteiger partial charge in [0.2, 0.25) is 0 Å². The van der Waals surface area contributed by atoms with Crippen LogP contribution in [0.3, 0.4) is 0 Å². The largest absolute Gasteiger partial charge is 0.396 e. The van der Waals surface area contributed by atoms with Crippen molar-refractivity contribution in [3.63, 3.8) is 0 Å². The number of hydrogen-bond donors (Lipinski definition) is 3. The Morgan fingerprint density at radius 2 is 1.92 bits per heavy atom. The third kappa shape index (κ3) is 7.50. The molecular formula is C22H39FO3. The molecular weight excluding hydrogens is 331 g/mol. The molecule has 1 rings (SSSR count). The maximum Gasteiger partial charge on any atom is 0.106 e. The van der Waals surface area contributed by atoms with Gasteiger partial charge in [-0.3, -0.25) is 0 Å². The molecule has 1 aliphatic carbocycles. The van der Waals surface area contributed by atoms with Crippen LogP contribution in [0.4, 0.5) is 4.39 Å². The molecule has 0 spiro atoms. The second kappa shape index (κ2) is 11.9. The van der Waals surface area contributed by atoms with Crippen molar-refractivity contribution in [1.82, 2.24) is 0 Å². The van der Waals surface area contributed by atoms with Crippen LogP contribution in [0.15, 0.2) is 24.3 Å². The van der Waals surface area contributed by atoms with Gasteiger partial charge in [-0.1, -0.05) is 57.9 Å². The minimum absolute atomic E-state index is 0.174. The van der Waals surface area contributed by atoms with Gasteiger partial charge in [-0.05, 0) is 37.5 Å². The summed E-state index contributed by atoms with van der Waals surface area (Å²) in [6.45, 7) is 6.44. The number of aliphatic hydroxyl groups excluding tert-OH is 3. The number of allylic oxidation sites excluding steroid dienone is 2. The Hall–Kier alpha value is -0.710. The Bertz CT molecular complexity index is 433. The van der Waals surface area contributed by atoms with E-state index in [0.717, 1.165) is 38.5 Å². The van der Waals surface area contributed by atoms with Crippen molar-refractivity contribution in [3.05, 3.63) is 24.3 Å². The Morgan fingerprint density at radius 3 is 2.58 bits per heavy atom. The Kier molecular flexibility index (Phi) is 10.7. The lowest BCUT2D eigenvalue weighted by atomic mass is 9.80. The zero-order valence-electron chi connectivity index (χ0n) is 16.8. The van der Waals surface area contributed by atoms with Crippen LogP contribution in [-0.2, 0) is 0 Å². The highest BCUT2D eigenvalue weighted by Gasteiger charge is 2.41. The molecule has 3 nitrogen and oxygen atoms in total. The predicted molar refractivity (Wildman–Crippen MR) is 106 cm³/mol. The first-order valence-electron chi connectivity index (χ1n) is 10.3. The van der Waals surface area contributed by atoms with Crippen molar-refractivity contribution in [2.75, 3.05) is 6.61 Å². The van der Waals surface area contributed by atoms with Crippen LogP contribution in [0.5, 0.6) is 0 Å². The lowest BCUT2D eigenvalue weighted by Crippen LogP contribution is -2.28. The normalized spacial score (nSPS) is 28.4. The van der Waals surface area contributed by atoms with E-state index in [-0.39, 0.29) is 30.3 Å². The van der Waals surface area contributed by atoms with Crippen molar-refractivity contribution in [2.24, 2.45) is 17.3 Å². The summed E-state index contributed by atoms with van der Waals surface area (Å²) in [5.41, 5.74) is -0.215. The van der Waals surface area contributed by atoms with Crippen molar-refractivity contribution in [2.45, 2.75) is 90.5 Å². The van der Waals surface area contributed by atoms with Gasteiger partial charge in [-0.2, -0.15) is 0 Å². The van der Waals surface area contributed by atoms with Crippen LogP contribution in [0, 0.1) is 17.3 Å². The molecule has 1 fully saturated rings. The van der Waals surface area contributed by atoms with E-state index in [0.29, 0.717) is 6.42 Å². The van der Waals surface area contributed by atoms with Crippen LogP contribution in [-0.4, -0.2) is 40.3 Å². The van der Waals surface area contributed by atoms with E-state index in [1.54, 1.807) is 6.08 Å². The molecule has 0 bridgehead atoms. The van der Waals surface area contributed by atoms with Gasteiger partial charge >= 0.3 is 0 Å². The lowest BCUT2D eigenvalue weighted by molar-refractivity contribution is 0.0798. The molecule has 0 aromatic rings. The van der Waals surface area contributed by atoms with Crippen LogP contribution in [0.2, 0.25) is 0 Å². The summed E-state index contributed by atoms with van der Waals surface area (Å²) in [5.74, 6) is -0.481. The lowest BCUT2D eigenvalue weighted by Gasteiger charge is -2.29. The summed E-state index contributed by atoms with van der Waals surface area (Å²) in [6.07, 6.45) is 11.8. The van der Waals surface area contributed by atoms with Crippen LogP contribution >= 0.6 is 0 Å². The molecule has 1 aliphatic rings. The Balaban J connectivity index is 2.63. The monoisotopic (exact) mass is 370 g/mol. The molecule has 0 unspecified atom stereocenters. The zero-order valence-corrected chi connectivity index (χ0v) is 16.8. The number of rotatable bonds is 12. The molecule has 0 aromatic heterocycles. The number of unbranched alkanes of at least 4 members (excludes halogenated alkanes) is 3. The molecule has 0 aromatic carbocycles. The summed E-state index contributed by atoms with van der Waals surface area (Å²) >= 11 is 0. The van der Waals surface area contributed by atoms with Gasteiger partial charge in [0.05, 0.1) is 12.2 Å². The first kappa shape index (κ1) is 23.3. The van der Waals surface area contributed by atoms with E-state index in [4.69, 9.17) is 5.11 Å². The Labute approximate surface area is 159 Å². The molecule has 152 valence electrons. The minimum Gasteiger partial charge on any atom is -0.396 e. The summed E-state index contributed by atoms with van der Waals surface area (Å²) in [6, 6.07) is 0. The smallest absolute Gasteiger partial charge is 0.106 e. The highest BCUT2D eigenvalue weighted by Crippen LogP contribution is 2.39. The standard InChI is InChI=1S/C22H39FO3/c1-4-5-14-22(2,3)21(26)13-12-18-17(19(23)16-20(18)25)11-9-7-6-8-10-15-24/h7,9,12-13,17-21,24-26H,4-6,8,10-11,14-16H2,1-3H3/b9-7-,13-12+/t17-,18-,19-,20-,21-/m1/s1. The molecule has 0 saturated heterocycles. The van der Waals surface area contributed by atoms with E-state index in [1.807, 2.05) is 32.1 Å². The van der Waals surface area contributed by atoms with E-state index >= 15 is 0 Å². The highest BCUT2D eigenvalue weighted by molar-refractivity contribution is 5.07. The first-order valence-corrected chi connectivity index (χ1v) is 10.3. The second-order valence-electron chi connectivity index (χ2n) is 8.41. The van der Waals surface area contributed by atoms with Crippen molar-refractivity contribution >= 4 is 0 Å². The van der Waals surface area contributed by atoms with Gasteiger partial charge in [0, 0.05) is 24.9 Å². The molecule has 1 saturated carbocycles. The van der Waals surface area contributed by atoms with E-state index in [9.17, 15) is 14.6 Å². The third-order valence-electron chi connectivity index (χ3n) is 5.71. The average Bonchev–Trinajstić information content (AvgIpc) is 2.87. The Morgan fingerprint density at radius 1 is 1.19 bits per heavy atom. The molecule has 0 aliphatic heterocycles. The highest BCUT2D eigenvalue weighted by atomic mass is 19.1. The fourth-order valence-corrected chi connectivity index (χ4v) is 3.68. The average molecular weight is 371 g/mol. The van der Waals surface area contributed by atoms with Gasteiger partial charge in [0.1, 0.15) is 6.17 Å². The van der Waals surface area contributed by atoms with Gasteiger partial charge in [-0.15, -0.1) is 0 Å². The van der Waals surface area contributed by atoms with Crippen LogP contribution in [0.25, 0.3) is 0 Å². The van der Waals surface area contributed by atoms with Gasteiger partial charge in [0.25, 0.3) is 0 Å². The molecule has 5 atom stereocenters. The molecule has 0 heterocycles. The number of hydrogen-bond acceptors (Lipinski definition) is 3. The number of aliphatic hydroxyl groups is 3. The van der Waals surface area contributed by atoms with Gasteiger partial charge in [-0.25, -0.2) is 4.39 Å². The zero-order chi connectivity index (χ0) is 19.6. The summed E-state index contributed by atoms with van der Waals surface area (Å²) in [5, 5.41) is 29.5. The predicted octanol–water partition coefficient (Wildman–Crippen LogP) is 4.56. The van der Waals surface area contributed by atoms with Gasteiger partial charge in [0.15, 0.2) is 0 Å². The maximum absolute atomic E-state index is 14.3. The SMILES string of the molecule is CCCCC(C)(C)[C@H](O)/C=C/[C@@H]1[C@@H](C/C=C\CCCCO)[C@H](F)C[C@H]1O. The molecule has 3 N–H and O–H groups in total. The maximum atomic E-state index is 14.3. The summed E-state index contributed by atoms with van der Waals surface area (Å²) in [7, 11) is 0. The fourth-order valence-electron chi connectivity index (χ4n) is 3.68. The van der Waals surface area contributed by atoms with E-state index in [2.05, 4.69) is 6.92 Å². The fraction of sp³-hybridized carbons (Fsp3) is 0.818. The van der Waals surface area contributed by atoms with Crippen molar-refractivity contribution in [1.29, 1.82) is 0 Å². The molecule has 4 heteroatoms.